The first-order chi connectivity index (χ1) is 8.27. The van der Waals surface area contributed by atoms with Crippen LogP contribution in [0.3, 0.4) is 0 Å². The van der Waals surface area contributed by atoms with Crippen LogP contribution in [-0.2, 0) is 6.42 Å². The van der Waals surface area contributed by atoms with Gasteiger partial charge in [-0.15, -0.1) is 12.3 Å². The van der Waals surface area contributed by atoms with Crippen molar-refractivity contribution in [2.24, 2.45) is 0 Å². The highest BCUT2D eigenvalue weighted by atomic mass is 16.1. The van der Waals surface area contributed by atoms with Crippen molar-refractivity contribution in [1.82, 2.24) is 5.32 Å². The molecule has 1 rings (SSSR count). The van der Waals surface area contributed by atoms with Crippen molar-refractivity contribution in [2.75, 3.05) is 6.54 Å². The van der Waals surface area contributed by atoms with E-state index in [9.17, 15) is 4.79 Å². The second kappa shape index (κ2) is 7.51. The number of hydrogen-bond donors (Lipinski definition) is 1. The molecule has 0 unspecified atom stereocenters. The van der Waals surface area contributed by atoms with E-state index in [0.717, 1.165) is 31.2 Å². The Balaban J connectivity index is 2.34. The predicted molar refractivity (Wildman–Crippen MR) is 70.8 cm³/mol. The van der Waals surface area contributed by atoms with Crippen LogP contribution in [0, 0.1) is 12.3 Å². The van der Waals surface area contributed by atoms with Crippen LogP contribution in [0.25, 0.3) is 0 Å². The Hall–Kier alpha value is -1.75. The van der Waals surface area contributed by atoms with Crippen LogP contribution in [0.4, 0.5) is 0 Å². The van der Waals surface area contributed by atoms with Crippen LogP contribution in [0.15, 0.2) is 24.3 Å². The highest BCUT2D eigenvalue weighted by Gasteiger charge is 2.03. The molecule has 1 aromatic rings. The topological polar surface area (TPSA) is 29.1 Å². The molecule has 0 saturated heterocycles. The zero-order valence-electron chi connectivity index (χ0n) is 10.3. The number of carbonyl (C=O) groups is 1. The lowest BCUT2D eigenvalue weighted by molar-refractivity contribution is 0.0953. The third kappa shape index (κ3) is 4.74. The van der Waals surface area contributed by atoms with Crippen molar-refractivity contribution in [3.63, 3.8) is 0 Å². The van der Waals surface area contributed by atoms with Crippen molar-refractivity contribution >= 4 is 5.91 Å². The van der Waals surface area contributed by atoms with Crippen molar-refractivity contribution in [3.05, 3.63) is 35.4 Å². The molecule has 0 fully saturated rings. The van der Waals surface area contributed by atoms with Crippen molar-refractivity contribution in [3.8, 4) is 12.3 Å². The molecule has 2 nitrogen and oxygen atoms in total. The van der Waals surface area contributed by atoms with Gasteiger partial charge in [-0.25, -0.2) is 0 Å². The zero-order chi connectivity index (χ0) is 12.5. The Morgan fingerprint density at radius 3 is 2.59 bits per heavy atom. The molecule has 0 radical (unpaired) electrons. The van der Waals surface area contributed by atoms with E-state index in [2.05, 4.69) is 18.2 Å². The van der Waals surface area contributed by atoms with E-state index in [1.165, 1.54) is 5.56 Å². The van der Waals surface area contributed by atoms with Crippen molar-refractivity contribution in [2.45, 2.75) is 32.6 Å². The molecule has 0 bridgehead atoms. The second-order valence-corrected chi connectivity index (χ2v) is 3.97. The Morgan fingerprint density at radius 2 is 2.00 bits per heavy atom. The van der Waals surface area contributed by atoms with Gasteiger partial charge >= 0.3 is 0 Å². The van der Waals surface area contributed by atoms with E-state index in [4.69, 9.17) is 6.42 Å². The molecule has 0 aliphatic heterocycles. The summed E-state index contributed by atoms with van der Waals surface area (Å²) in [7, 11) is 0. The monoisotopic (exact) mass is 229 g/mol. The van der Waals surface area contributed by atoms with Gasteiger partial charge in [0, 0.05) is 18.5 Å². The molecular formula is C15H19NO. The summed E-state index contributed by atoms with van der Waals surface area (Å²) in [5.74, 6) is 2.58. The molecule has 0 saturated carbocycles. The number of terminal acetylenes is 1. The van der Waals surface area contributed by atoms with Gasteiger partial charge in [0.1, 0.15) is 0 Å². The van der Waals surface area contributed by atoms with E-state index < -0.39 is 0 Å². The van der Waals surface area contributed by atoms with Gasteiger partial charge in [0.25, 0.3) is 5.91 Å². The third-order valence-electron chi connectivity index (χ3n) is 2.66. The first kappa shape index (κ1) is 13.3. The summed E-state index contributed by atoms with van der Waals surface area (Å²) in [5.41, 5.74) is 1.97. The maximum absolute atomic E-state index is 11.7. The minimum atomic E-state index is -0.00615. The maximum atomic E-state index is 11.7. The van der Waals surface area contributed by atoms with E-state index in [0.29, 0.717) is 6.54 Å². The first-order valence-electron chi connectivity index (χ1n) is 6.08. The minimum absolute atomic E-state index is 0.00615. The van der Waals surface area contributed by atoms with Crippen molar-refractivity contribution < 1.29 is 4.79 Å². The fraction of sp³-hybridized carbons (Fsp3) is 0.400. The molecule has 1 amide bonds. The molecule has 0 atom stereocenters. The van der Waals surface area contributed by atoms with Crippen LogP contribution in [0.1, 0.15) is 42.1 Å². The second-order valence-electron chi connectivity index (χ2n) is 3.97. The van der Waals surface area contributed by atoms with Crippen LogP contribution >= 0.6 is 0 Å². The van der Waals surface area contributed by atoms with Gasteiger partial charge in [-0.2, -0.15) is 0 Å². The summed E-state index contributed by atoms with van der Waals surface area (Å²) in [6.45, 7) is 2.79. The molecule has 90 valence electrons. The lowest BCUT2D eigenvalue weighted by atomic mass is 10.1. The number of benzene rings is 1. The Bertz CT molecular complexity index is 386. The fourth-order valence-electron chi connectivity index (χ4n) is 1.55. The molecule has 1 N–H and O–H groups in total. The van der Waals surface area contributed by atoms with Crippen LogP contribution < -0.4 is 5.32 Å². The number of nitrogens with one attached hydrogen (secondary N) is 1. The van der Waals surface area contributed by atoms with Gasteiger partial charge < -0.3 is 5.32 Å². The van der Waals surface area contributed by atoms with Crippen LogP contribution in [-0.4, -0.2) is 12.5 Å². The zero-order valence-corrected chi connectivity index (χ0v) is 10.3. The SMILES string of the molecule is C#CCCCCNC(=O)c1ccc(CC)cc1. The van der Waals surface area contributed by atoms with E-state index in [1.54, 1.807) is 0 Å². The average molecular weight is 229 g/mol. The van der Waals surface area contributed by atoms with Gasteiger partial charge in [-0.05, 0) is 37.0 Å². The Labute approximate surface area is 103 Å². The largest absolute Gasteiger partial charge is 0.352 e. The maximum Gasteiger partial charge on any atom is 0.251 e. The van der Waals surface area contributed by atoms with Gasteiger partial charge in [0.15, 0.2) is 0 Å². The molecule has 0 aliphatic rings. The third-order valence-corrected chi connectivity index (χ3v) is 2.66. The molecular weight excluding hydrogens is 210 g/mol. The number of hydrogen-bond acceptors (Lipinski definition) is 1. The fourth-order valence-corrected chi connectivity index (χ4v) is 1.55. The summed E-state index contributed by atoms with van der Waals surface area (Å²) in [4.78, 5) is 11.7. The number of carbonyl (C=O) groups excluding carboxylic acids is 1. The molecule has 0 aliphatic carbocycles. The van der Waals surface area contributed by atoms with Gasteiger partial charge in [-0.3, -0.25) is 4.79 Å². The van der Waals surface area contributed by atoms with Gasteiger partial charge in [0.05, 0.1) is 0 Å². The molecule has 0 aromatic heterocycles. The molecule has 0 spiro atoms. The number of rotatable bonds is 6. The highest BCUT2D eigenvalue weighted by molar-refractivity contribution is 5.94. The number of amides is 1. The van der Waals surface area contributed by atoms with E-state index in [1.807, 2.05) is 24.3 Å². The van der Waals surface area contributed by atoms with E-state index in [-0.39, 0.29) is 5.91 Å². The average Bonchev–Trinajstić information content (AvgIpc) is 2.38. The molecule has 2 heteroatoms. The summed E-state index contributed by atoms with van der Waals surface area (Å²) in [5, 5.41) is 2.89. The Morgan fingerprint density at radius 1 is 1.29 bits per heavy atom. The van der Waals surface area contributed by atoms with Gasteiger partial charge in [-0.1, -0.05) is 19.1 Å². The highest BCUT2D eigenvalue weighted by Crippen LogP contribution is 2.05. The van der Waals surface area contributed by atoms with E-state index >= 15 is 0 Å². The normalized spacial score (nSPS) is 9.65. The summed E-state index contributed by atoms with van der Waals surface area (Å²) in [6, 6.07) is 7.73. The lowest BCUT2D eigenvalue weighted by Gasteiger charge is -2.05. The molecule has 17 heavy (non-hydrogen) atoms. The minimum Gasteiger partial charge on any atom is -0.352 e. The standard InChI is InChI=1S/C15H19NO/c1-3-5-6-7-12-16-15(17)14-10-8-13(4-2)9-11-14/h1,8-11H,4-7,12H2,2H3,(H,16,17). The summed E-state index contributed by atoms with van der Waals surface area (Å²) < 4.78 is 0. The number of aryl methyl sites for hydroxylation is 1. The van der Waals surface area contributed by atoms with Gasteiger partial charge in [0.2, 0.25) is 0 Å². The molecule has 1 aromatic carbocycles. The smallest absolute Gasteiger partial charge is 0.251 e. The predicted octanol–water partition coefficient (Wildman–Crippen LogP) is 2.78. The van der Waals surface area contributed by atoms with Crippen LogP contribution in [0.5, 0.6) is 0 Å². The first-order valence-corrected chi connectivity index (χ1v) is 6.08. The lowest BCUT2D eigenvalue weighted by Crippen LogP contribution is -2.24. The Kier molecular flexibility index (Phi) is 5.88. The van der Waals surface area contributed by atoms with Crippen LogP contribution in [0.2, 0.25) is 0 Å². The molecule has 0 heterocycles. The summed E-state index contributed by atoms with van der Waals surface area (Å²) >= 11 is 0. The van der Waals surface area contributed by atoms with Crippen molar-refractivity contribution in [1.29, 1.82) is 0 Å². The quantitative estimate of drug-likeness (QED) is 0.590. The number of unbranched alkanes of at least 4 members (excludes halogenated alkanes) is 2. The summed E-state index contributed by atoms with van der Waals surface area (Å²) in [6.07, 6.45) is 8.82.